The molecule has 0 spiro atoms. The van der Waals surface area contributed by atoms with E-state index in [-0.39, 0.29) is 0 Å². The highest BCUT2D eigenvalue weighted by Crippen LogP contribution is 2.27. The Kier molecular flexibility index (Phi) is 7.75. The SMILES string of the molecule is COc1ccc(NC(N)=NCCC(C)N(C)Cc2ccccc2)cc1Cl. The van der Waals surface area contributed by atoms with Crippen molar-refractivity contribution < 1.29 is 4.74 Å². The summed E-state index contributed by atoms with van der Waals surface area (Å²) in [5, 5.41) is 3.58. The van der Waals surface area contributed by atoms with Crippen molar-refractivity contribution in [1.29, 1.82) is 0 Å². The van der Waals surface area contributed by atoms with Gasteiger partial charge in [-0.15, -0.1) is 0 Å². The van der Waals surface area contributed by atoms with Crippen molar-refractivity contribution in [1.82, 2.24) is 4.90 Å². The highest BCUT2D eigenvalue weighted by atomic mass is 35.5. The molecule has 1 unspecified atom stereocenters. The van der Waals surface area contributed by atoms with Crippen molar-refractivity contribution in [2.45, 2.75) is 25.9 Å². The molecule has 0 aliphatic rings. The summed E-state index contributed by atoms with van der Waals surface area (Å²) in [4.78, 5) is 6.72. The van der Waals surface area contributed by atoms with E-state index in [9.17, 15) is 0 Å². The molecule has 2 aromatic rings. The molecule has 0 bridgehead atoms. The lowest BCUT2D eigenvalue weighted by Crippen LogP contribution is -2.30. The lowest BCUT2D eigenvalue weighted by atomic mass is 10.1. The molecule has 0 aromatic heterocycles. The van der Waals surface area contributed by atoms with Gasteiger partial charge in [-0.3, -0.25) is 9.89 Å². The standard InChI is InChI=1S/C20H27ClN4O/c1-15(25(2)14-16-7-5-4-6-8-16)11-12-23-20(22)24-17-9-10-19(26-3)18(21)13-17/h4-10,13,15H,11-12,14H2,1-3H3,(H3,22,23,24). The number of hydrogen-bond donors (Lipinski definition) is 2. The molecule has 26 heavy (non-hydrogen) atoms. The summed E-state index contributed by atoms with van der Waals surface area (Å²) < 4.78 is 5.14. The third-order valence-electron chi connectivity index (χ3n) is 4.28. The smallest absolute Gasteiger partial charge is 0.193 e. The molecule has 0 radical (unpaired) electrons. The van der Waals surface area contributed by atoms with Crippen LogP contribution in [-0.4, -0.2) is 37.6 Å². The first kappa shape index (κ1) is 20.1. The van der Waals surface area contributed by atoms with Crippen LogP contribution in [0.15, 0.2) is 53.5 Å². The Balaban J connectivity index is 1.80. The van der Waals surface area contributed by atoms with E-state index in [0.717, 1.165) is 18.7 Å². The first-order valence-electron chi connectivity index (χ1n) is 8.64. The quantitative estimate of drug-likeness (QED) is 0.541. The number of nitrogens with zero attached hydrogens (tertiary/aromatic N) is 2. The molecule has 0 heterocycles. The van der Waals surface area contributed by atoms with Crippen LogP contribution in [0, 0.1) is 0 Å². The first-order chi connectivity index (χ1) is 12.5. The van der Waals surface area contributed by atoms with Crippen molar-refractivity contribution in [2.75, 3.05) is 26.0 Å². The van der Waals surface area contributed by atoms with Gasteiger partial charge in [0, 0.05) is 24.8 Å². The van der Waals surface area contributed by atoms with Gasteiger partial charge in [0.15, 0.2) is 5.96 Å². The average Bonchev–Trinajstić information content (AvgIpc) is 2.62. The van der Waals surface area contributed by atoms with E-state index in [2.05, 4.69) is 53.4 Å². The molecule has 0 fully saturated rings. The number of anilines is 1. The van der Waals surface area contributed by atoms with Crippen molar-refractivity contribution in [3.8, 4) is 5.75 Å². The number of halogens is 1. The lowest BCUT2D eigenvalue weighted by Gasteiger charge is -2.24. The van der Waals surface area contributed by atoms with Crippen LogP contribution in [0.25, 0.3) is 0 Å². The van der Waals surface area contributed by atoms with Gasteiger partial charge in [-0.2, -0.15) is 0 Å². The van der Waals surface area contributed by atoms with E-state index in [1.54, 1.807) is 19.2 Å². The summed E-state index contributed by atoms with van der Waals surface area (Å²) in [6.45, 7) is 3.78. The number of aliphatic imine (C=N–C) groups is 1. The normalized spacial score (nSPS) is 12.9. The summed E-state index contributed by atoms with van der Waals surface area (Å²) in [5.41, 5.74) is 8.06. The van der Waals surface area contributed by atoms with Gasteiger partial charge < -0.3 is 15.8 Å². The third-order valence-corrected chi connectivity index (χ3v) is 4.58. The van der Waals surface area contributed by atoms with Crippen LogP contribution in [0.4, 0.5) is 5.69 Å². The number of hydrogen-bond acceptors (Lipinski definition) is 3. The molecular formula is C20H27ClN4O. The van der Waals surface area contributed by atoms with Crippen LogP contribution in [-0.2, 0) is 6.54 Å². The van der Waals surface area contributed by atoms with Gasteiger partial charge >= 0.3 is 0 Å². The Morgan fingerprint density at radius 3 is 2.65 bits per heavy atom. The Hall–Kier alpha value is -2.24. The Morgan fingerprint density at radius 2 is 2.00 bits per heavy atom. The summed E-state index contributed by atoms with van der Waals surface area (Å²) in [6.07, 6.45) is 0.926. The van der Waals surface area contributed by atoms with Gasteiger partial charge in [0.05, 0.1) is 12.1 Å². The van der Waals surface area contributed by atoms with Crippen LogP contribution < -0.4 is 15.8 Å². The predicted octanol–water partition coefficient (Wildman–Crippen LogP) is 3.99. The highest BCUT2D eigenvalue weighted by molar-refractivity contribution is 6.32. The maximum absolute atomic E-state index is 6.11. The van der Waals surface area contributed by atoms with Gasteiger partial charge in [0.2, 0.25) is 0 Å². The molecule has 0 aliphatic carbocycles. The van der Waals surface area contributed by atoms with Crippen molar-refractivity contribution >= 4 is 23.2 Å². The molecule has 140 valence electrons. The molecule has 6 heteroatoms. The minimum atomic E-state index is 0.379. The zero-order valence-electron chi connectivity index (χ0n) is 15.6. The molecule has 0 saturated heterocycles. The topological polar surface area (TPSA) is 62.9 Å². The molecule has 0 aliphatic heterocycles. The van der Waals surface area contributed by atoms with Crippen molar-refractivity contribution in [2.24, 2.45) is 10.7 Å². The molecule has 3 N–H and O–H groups in total. The van der Waals surface area contributed by atoms with Crippen LogP contribution in [0.2, 0.25) is 5.02 Å². The molecule has 2 aromatic carbocycles. The maximum atomic E-state index is 6.11. The van der Waals surface area contributed by atoms with Gasteiger partial charge in [-0.25, -0.2) is 0 Å². The van der Waals surface area contributed by atoms with Crippen molar-refractivity contribution in [3.05, 3.63) is 59.1 Å². The summed E-state index contributed by atoms with van der Waals surface area (Å²) in [6, 6.07) is 16.3. The summed E-state index contributed by atoms with van der Waals surface area (Å²) in [7, 11) is 3.71. The number of nitrogens with one attached hydrogen (secondary N) is 1. The molecule has 2 rings (SSSR count). The van der Waals surface area contributed by atoms with E-state index >= 15 is 0 Å². The highest BCUT2D eigenvalue weighted by Gasteiger charge is 2.09. The Morgan fingerprint density at radius 1 is 1.27 bits per heavy atom. The number of benzene rings is 2. The largest absolute Gasteiger partial charge is 0.495 e. The van der Waals surface area contributed by atoms with E-state index < -0.39 is 0 Å². The fourth-order valence-corrected chi connectivity index (χ4v) is 2.81. The Bertz CT molecular complexity index is 721. The minimum Gasteiger partial charge on any atom is -0.495 e. The number of methoxy groups -OCH3 is 1. The fraction of sp³-hybridized carbons (Fsp3) is 0.350. The molecule has 5 nitrogen and oxygen atoms in total. The van der Waals surface area contributed by atoms with Gasteiger partial charge in [0.25, 0.3) is 0 Å². The first-order valence-corrected chi connectivity index (χ1v) is 9.02. The summed E-state index contributed by atoms with van der Waals surface area (Å²) >= 11 is 6.11. The van der Waals surface area contributed by atoms with Gasteiger partial charge in [0.1, 0.15) is 5.75 Å². The monoisotopic (exact) mass is 374 g/mol. The number of ether oxygens (including phenoxy) is 1. The fourth-order valence-electron chi connectivity index (χ4n) is 2.55. The van der Waals surface area contributed by atoms with Crippen LogP contribution >= 0.6 is 11.6 Å². The lowest BCUT2D eigenvalue weighted by molar-refractivity contribution is 0.240. The summed E-state index contributed by atoms with van der Waals surface area (Å²) in [5.74, 6) is 1.01. The second kappa shape index (κ2) is 10.0. The molecular weight excluding hydrogens is 348 g/mol. The van der Waals surface area contributed by atoms with Crippen LogP contribution in [0.1, 0.15) is 18.9 Å². The second-order valence-corrected chi connectivity index (χ2v) is 6.69. The minimum absolute atomic E-state index is 0.379. The number of rotatable bonds is 8. The van der Waals surface area contributed by atoms with Gasteiger partial charge in [-0.05, 0) is 44.2 Å². The molecule has 1 atom stereocenters. The second-order valence-electron chi connectivity index (χ2n) is 6.28. The zero-order chi connectivity index (χ0) is 18.9. The Labute approximate surface area is 160 Å². The van der Waals surface area contributed by atoms with Crippen LogP contribution in [0.3, 0.4) is 0 Å². The average molecular weight is 375 g/mol. The van der Waals surface area contributed by atoms with E-state index in [4.69, 9.17) is 22.1 Å². The third kappa shape index (κ3) is 6.24. The van der Waals surface area contributed by atoms with Crippen LogP contribution in [0.5, 0.6) is 5.75 Å². The van der Waals surface area contributed by atoms with Crippen molar-refractivity contribution in [3.63, 3.8) is 0 Å². The predicted molar refractivity (Wildman–Crippen MR) is 110 cm³/mol. The molecule has 0 saturated carbocycles. The van der Waals surface area contributed by atoms with E-state index in [0.29, 0.717) is 29.3 Å². The van der Waals surface area contributed by atoms with E-state index in [1.165, 1.54) is 5.56 Å². The van der Waals surface area contributed by atoms with E-state index in [1.807, 2.05) is 12.1 Å². The zero-order valence-corrected chi connectivity index (χ0v) is 16.3. The number of guanidine groups is 1. The number of nitrogens with two attached hydrogens (primary N) is 1. The molecule has 0 amide bonds. The maximum Gasteiger partial charge on any atom is 0.193 e. The van der Waals surface area contributed by atoms with Gasteiger partial charge in [-0.1, -0.05) is 41.9 Å².